The van der Waals surface area contributed by atoms with Crippen LogP contribution in [-0.2, 0) is 13.6 Å². The molecular weight excluding hydrogens is 293 g/mol. The molecule has 2 rings (SSSR count). The van der Waals surface area contributed by atoms with Crippen molar-refractivity contribution in [2.24, 2.45) is 7.05 Å². The first-order chi connectivity index (χ1) is 8.99. The maximum Gasteiger partial charge on any atom is 0.293 e. The van der Waals surface area contributed by atoms with E-state index in [2.05, 4.69) is 15.5 Å². The van der Waals surface area contributed by atoms with Crippen LogP contribution in [0.2, 0.25) is 10.0 Å². The van der Waals surface area contributed by atoms with Gasteiger partial charge < -0.3 is 9.88 Å². The van der Waals surface area contributed by atoms with Gasteiger partial charge in [-0.25, -0.2) is 0 Å². The second kappa shape index (κ2) is 5.41. The first-order valence-electron chi connectivity index (χ1n) is 5.19. The Balaban J connectivity index is 2.26. The van der Waals surface area contributed by atoms with Crippen LogP contribution in [0.15, 0.2) is 18.5 Å². The molecule has 0 atom stereocenters. The maximum absolute atomic E-state index is 10.9. The molecule has 0 bridgehead atoms. The Labute approximate surface area is 118 Å². The molecule has 0 saturated carbocycles. The maximum atomic E-state index is 10.9. The smallest absolute Gasteiger partial charge is 0.293 e. The Bertz CT molecular complexity index is 628. The van der Waals surface area contributed by atoms with Crippen LogP contribution in [0.3, 0.4) is 0 Å². The number of nitro benzene ring substituents is 1. The zero-order valence-electron chi connectivity index (χ0n) is 9.80. The molecule has 100 valence electrons. The van der Waals surface area contributed by atoms with Crippen LogP contribution < -0.4 is 5.32 Å². The van der Waals surface area contributed by atoms with Crippen LogP contribution in [0.4, 0.5) is 11.4 Å². The van der Waals surface area contributed by atoms with Crippen LogP contribution in [0.1, 0.15) is 5.82 Å². The molecule has 0 amide bonds. The molecule has 0 spiro atoms. The molecule has 0 radical (unpaired) electrons. The minimum absolute atomic E-state index is 0.137. The summed E-state index contributed by atoms with van der Waals surface area (Å²) in [6, 6.07) is 2.63. The molecule has 2 aromatic rings. The summed E-state index contributed by atoms with van der Waals surface area (Å²) in [5.41, 5.74) is 0.138. The number of hydrogen-bond donors (Lipinski definition) is 1. The van der Waals surface area contributed by atoms with Crippen molar-refractivity contribution in [3.05, 3.63) is 44.4 Å². The highest BCUT2D eigenvalue weighted by Gasteiger charge is 2.17. The molecule has 0 aliphatic rings. The van der Waals surface area contributed by atoms with Crippen molar-refractivity contribution in [2.45, 2.75) is 6.54 Å². The Kier molecular flexibility index (Phi) is 3.87. The lowest BCUT2D eigenvalue weighted by atomic mass is 10.2. The molecule has 1 aromatic heterocycles. The number of aryl methyl sites for hydroxylation is 1. The normalized spacial score (nSPS) is 10.5. The minimum Gasteiger partial charge on any atom is -0.372 e. The highest BCUT2D eigenvalue weighted by Crippen LogP contribution is 2.34. The summed E-state index contributed by atoms with van der Waals surface area (Å²) in [7, 11) is 1.78. The lowest BCUT2D eigenvalue weighted by Gasteiger charge is -2.08. The highest BCUT2D eigenvalue weighted by molar-refractivity contribution is 6.42. The molecule has 9 heteroatoms. The fourth-order valence-corrected chi connectivity index (χ4v) is 1.79. The number of nitro groups is 1. The molecule has 19 heavy (non-hydrogen) atoms. The molecule has 1 aromatic carbocycles. The SMILES string of the molecule is Cn1cnnc1CNc1cc(Cl)c(Cl)cc1[N+](=O)[O-]. The fourth-order valence-electron chi connectivity index (χ4n) is 1.47. The molecule has 0 saturated heterocycles. The van der Waals surface area contributed by atoms with Crippen LogP contribution >= 0.6 is 23.2 Å². The van der Waals surface area contributed by atoms with Crippen molar-refractivity contribution >= 4 is 34.6 Å². The van der Waals surface area contributed by atoms with E-state index in [1.807, 2.05) is 0 Å². The van der Waals surface area contributed by atoms with Gasteiger partial charge in [0.05, 0.1) is 21.5 Å². The van der Waals surface area contributed by atoms with Crippen molar-refractivity contribution in [2.75, 3.05) is 5.32 Å². The monoisotopic (exact) mass is 301 g/mol. The molecule has 1 N–H and O–H groups in total. The standard InChI is InChI=1S/C10H9Cl2N5O2/c1-16-5-14-15-10(16)4-13-8-2-6(11)7(12)3-9(8)17(18)19/h2-3,5,13H,4H2,1H3. The number of rotatable bonds is 4. The van der Waals surface area contributed by atoms with E-state index in [-0.39, 0.29) is 28.0 Å². The van der Waals surface area contributed by atoms with Gasteiger partial charge in [0.15, 0.2) is 5.82 Å². The number of benzene rings is 1. The molecule has 0 unspecified atom stereocenters. The van der Waals surface area contributed by atoms with Crippen molar-refractivity contribution in [1.82, 2.24) is 14.8 Å². The number of halogens is 2. The van der Waals surface area contributed by atoms with Crippen LogP contribution in [-0.4, -0.2) is 19.7 Å². The number of aromatic nitrogens is 3. The lowest BCUT2D eigenvalue weighted by Crippen LogP contribution is -2.07. The van der Waals surface area contributed by atoms with E-state index in [1.165, 1.54) is 12.1 Å². The van der Waals surface area contributed by atoms with Crippen molar-refractivity contribution < 1.29 is 4.92 Å². The van der Waals surface area contributed by atoms with E-state index >= 15 is 0 Å². The molecule has 1 heterocycles. The molecule has 7 nitrogen and oxygen atoms in total. The largest absolute Gasteiger partial charge is 0.372 e. The van der Waals surface area contributed by atoms with E-state index in [0.29, 0.717) is 5.82 Å². The molecule has 0 aliphatic carbocycles. The van der Waals surface area contributed by atoms with Crippen LogP contribution in [0, 0.1) is 10.1 Å². The first-order valence-corrected chi connectivity index (χ1v) is 5.95. The quantitative estimate of drug-likeness (QED) is 0.693. The zero-order valence-corrected chi connectivity index (χ0v) is 11.3. The number of anilines is 1. The van der Waals surface area contributed by atoms with E-state index in [1.54, 1.807) is 17.9 Å². The highest BCUT2D eigenvalue weighted by atomic mass is 35.5. The van der Waals surface area contributed by atoms with Gasteiger partial charge >= 0.3 is 0 Å². The van der Waals surface area contributed by atoms with Gasteiger partial charge in [0.1, 0.15) is 12.0 Å². The van der Waals surface area contributed by atoms with Crippen molar-refractivity contribution in [3.63, 3.8) is 0 Å². The second-order valence-corrected chi connectivity index (χ2v) is 4.57. The summed E-state index contributed by atoms with van der Waals surface area (Å²) in [5, 5.41) is 21.8. The number of nitrogens with one attached hydrogen (secondary N) is 1. The summed E-state index contributed by atoms with van der Waals surface area (Å²) in [6.45, 7) is 0.287. The predicted octanol–water partition coefficient (Wildman–Crippen LogP) is 2.64. The Hall–Kier alpha value is -1.86. The molecule has 0 aliphatic heterocycles. The molecular formula is C10H9Cl2N5O2. The topological polar surface area (TPSA) is 85.9 Å². The minimum atomic E-state index is -0.527. The van der Waals surface area contributed by atoms with Gasteiger partial charge in [-0.3, -0.25) is 10.1 Å². The van der Waals surface area contributed by atoms with Crippen LogP contribution in [0.25, 0.3) is 0 Å². The van der Waals surface area contributed by atoms with Gasteiger partial charge in [0.25, 0.3) is 5.69 Å². The Morgan fingerprint density at radius 3 is 2.68 bits per heavy atom. The van der Waals surface area contributed by atoms with Gasteiger partial charge in [-0.05, 0) is 6.07 Å². The number of hydrogen-bond acceptors (Lipinski definition) is 5. The Morgan fingerprint density at radius 2 is 2.11 bits per heavy atom. The van der Waals surface area contributed by atoms with Gasteiger partial charge in [-0.15, -0.1) is 10.2 Å². The summed E-state index contributed by atoms with van der Waals surface area (Å²) < 4.78 is 1.70. The summed E-state index contributed by atoms with van der Waals surface area (Å²) in [4.78, 5) is 10.4. The van der Waals surface area contributed by atoms with Gasteiger partial charge in [0.2, 0.25) is 0 Å². The Morgan fingerprint density at radius 1 is 1.42 bits per heavy atom. The van der Waals surface area contributed by atoms with Crippen molar-refractivity contribution in [3.8, 4) is 0 Å². The third-order valence-corrected chi connectivity index (χ3v) is 3.20. The summed E-state index contributed by atoms with van der Waals surface area (Å²) in [6.07, 6.45) is 1.54. The molecule has 0 fully saturated rings. The van der Waals surface area contributed by atoms with Crippen molar-refractivity contribution in [1.29, 1.82) is 0 Å². The van der Waals surface area contributed by atoms with E-state index < -0.39 is 4.92 Å². The van der Waals surface area contributed by atoms with Crippen LogP contribution in [0.5, 0.6) is 0 Å². The third kappa shape index (κ3) is 2.94. The van der Waals surface area contributed by atoms with E-state index in [9.17, 15) is 10.1 Å². The number of nitrogens with zero attached hydrogens (tertiary/aromatic N) is 4. The second-order valence-electron chi connectivity index (χ2n) is 3.75. The third-order valence-electron chi connectivity index (χ3n) is 2.48. The van der Waals surface area contributed by atoms with E-state index in [0.717, 1.165) is 0 Å². The van der Waals surface area contributed by atoms with E-state index in [4.69, 9.17) is 23.2 Å². The van der Waals surface area contributed by atoms with Gasteiger partial charge in [-0.2, -0.15) is 0 Å². The summed E-state index contributed by atoms with van der Waals surface area (Å²) >= 11 is 11.6. The van der Waals surface area contributed by atoms with Gasteiger partial charge in [0, 0.05) is 13.1 Å². The average molecular weight is 302 g/mol. The predicted molar refractivity (Wildman–Crippen MR) is 71.4 cm³/mol. The van der Waals surface area contributed by atoms with Gasteiger partial charge in [-0.1, -0.05) is 23.2 Å². The fraction of sp³-hybridized carbons (Fsp3) is 0.200. The first kappa shape index (κ1) is 13.6. The summed E-state index contributed by atoms with van der Waals surface area (Å²) in [5.74, 6) is 0.639. The average Bonchev–Trinajstić information content (AvgIpc) is 2.75. The zero-order chi connectivity index (χ0) is 14.0. The lowest BCUT2D eigenvalue weighted by molar-refractivity contribution is -0.383.